The molecule has 3 aliphatic carbocycles. The summed E-state index contributed by atoms with van der Waals surface area (Å²) in [4.78, 5) is 41.9. The number of nitrogens with two attached hydrogens (primary N) is 1. The van der Waals surface area contributed by atoms with Gasteiger partial charge in [0.15, 0.2) is 11.4 Å². The molecule has 3 aliphatic rings. The second kappa shape index (κ2) is 7.44. The molecule has 0 radical (unpaired) electrons. The first-order chi connectivity index (χ1) is 16.1. The Balaban J connectivity index is 1.68. The van der Waals surface area contributed by atoms with Crippen LogP contribution in [0.3, 0.4) is 0 Å². The lowest BCUT2D eigenvalue weighted by molar-refractivity contribution is -0.174. The van der Waals surface area contributed by atoms with Crippen LogP contribution in [-0.4, -0.2) is 54.6 Å². The fraction of sp³-hybridized carbons (Fsp3) is 0.333. The third kappa shape index (κ3) is 2.85. The van der Waals surface area contributed by atoms with Gasteiger partial charge in [-0.15, -0.1) is 0 Å². The van der Waals surface area contributed by atoms with E-state index in [1.54, 1.807) is 0 Å². The molecular formula is C24H21FN2O7. The molecule has 10 heteroatoms. The molecule has 1 aromatic heterocycles. The van der Waals surface area contributed by atoms with Gasteiger partial charge in [0, 0.05) is 23.3 Å². The van der Waals surface area contributed by atoms with Gasteiger partial charge in [-0.05, 0) is 48.4 Å². The van der Waals surface area contributed by atoms with Gasteiger partial charge >= 0.3 is 0 Å². The van der Waals surface area contributed by atoms with Crippen molar-refractivity contribution in [2.45, 2.75) is 31.0 Å². The van der Waals surface area contributed by atoms with Crippen molar-refractivity contribution in [3.05, 3.63) is 53.1 Å². The molecule has 0 bridgehead atoms. The molecule has 0 spiro atoms. The fourth-order valence-electron chi connectivity index (χ4n) is 5.77. The van der Waals surface area contributed by atoms with Gasteiger partial charge in [-0.3, -0.25) is 19.4 Å². The lowest BCUT2D eigenvalue weighted by Crippen LogP contribution is -2.66. The third-order valence-electron chi connectivity index (χ3n) is 7.33. The summed E-state index contributed by atoms with van der Waals surface area (Å²) >= 11 is 0. The SMILES string of the molecule is NC(=O)C1C(=O)[C@@]2(O)C(=O)C3=C(O)c4c(O)ccc(-c5ccncc5F)c4C[C@H]3C[C@H]2CC1O. The quantitative estimate of drug-likeness (QED) is 0.403. The average molecular weight is 468 g/mol. The molecular weight excluding hydrogens is 447 g/mol. The number of aromatic hydroxyl groups is 1. The molecule has 0 aliphatic heterocycles. The van der Waals surface area contributed by atoms with E-state index in [4.69, 9.17) is 5.73 Å². The smallest absolute Gasteiger partial charge is 0.230 e. The number of primary amides is 1. The Morgan fingerprint density at radius 1 is 1.15 bits per heavy atom. The van der Waals surface area contributed by atoms with Crippen LogP contribution in [0.25, 0.3) is 16.9 Å². The number of pyridine rings is 1. The molecule has 176 valence electrons. The molecule has 0 saturated heterocycles. The first-order valence-corrected chi connectivity index (χ1v) is 10.7. The number of aliphatic hydroxyl groups excluding tert-OH is 2. The number of hydrogen-bond acceptors (Lipinski definition) is 8. The average Bonchev–Trinajstić information content (AvgIpc) is 2.77. The molecule has 1 aromatic carbocycles. The third-order valence-corrected chi connectivity index (χ3v) is 7.33. The van der Waals surface area contributed by atoms with Crippen LogP contribution in [0, 0.1) is 23.6 Å². The topological polar surface area (TPSA) is 171 Å². The van der Waals surface area contributed by atoms with Crippen molar-refractivity contribution in [1.29, 1.82) is 0 Å². The van der Waals surface area contributed by atoms with E-state index < -0.39 is 58.5 Å². The highest BCUT2D eigenvalue weighted by Gasteiger charge is 2.63. The summed E-state index contributed by atoms with van der Waals surface area (Å²) in [5.41, 5.74) is 3.22. The number of nitrogens with zero attached hydrogens (tertiary/aromatic N) is 1. The predicted molar refractivity (Wildman–Crippen MR) is 114 cm³/mol. The summed E-state index contributed by atoms with van der Waals surface area (Å²) in [6.07, 6.45) is 0.891. The van der Waals surface area contributed by atoms with E-state index in [0.717, 1.165) is 6.20 Å². The Bertz CT molecular complexity index is 1310. The van der Waals surface area contributed by atoms with Crippen LogP contribution < -0.4 is 5.73 Å². The number of carbonyl (C=O) groups excluding carboxylic acids is 3. The minimum atomic E-state index is -2.64. The van der Waals surface area contributed by atoms with Gasteiger partial charge in [0.25, 0.3) is 0 Å². The number of phenols is 1. The number of fused-ring (bicyclic) bond motifs is 3. The number of amides is 1. The number of halogens is 1. The van der Waals surface area contributed by atoms with Crippen LogP contribution in [0.1, 0.15) is 24.0 Å². The Kier molecular flexibility index (Phi) is 4.85. The highest BCUT2D eigenvalue weighted by atomic mass is 19.1. The normalized spacial score (nSPS) is 30.4. The van der Waals surface area contributed by atoms with Crippen molar-refractivity contribution < 1.29 is 39.2 Å². The van der Waals surface area contributed by atoms with Crippen LogP contribution in [0.2, 0.25) is 0 Å². The molecule has 5 rings (SSSR count). The first-order valence-electron chi connectivity index (χ1n) is 10.7. The number of hydrogen-bond donors (Lipinski definition) is 5. The van der Waals surface area contributed by atoms with Crippen molar-refractivity contribution in [2.75, 3.05) is 0 Å². The van der Waals surface area contributed by atoms with Gasteiger partial charge in [0.1, 0.15) is 23.2 Å². The summed E-state index contributed by atoms with van der Waals surface area (Å²) < 4.78 is 14.5. The van der Waals surface area contributed by atoms with Crippen molar-refractivity contribution in [3.63, 3.8) is 0 Å². The van der Waals surface area contributed by atoms with Gasteiger partial charge < -0.3 is 26.2 Å². The highest BCUT2D eigenvalue weighted by Crippen LogP contribution is 2.52. The van der Waals surface area contributed by atoms with Crippen LogP contribution in [0.5, 0.6) is 5.75 Å². The van der Waals surface area contributed by atoms with Crippen molar-refractivity contribution in [2.24, 2.45) is 23.5 Å². The van der Waals surface area contributed by atoms with E-state index in [1.165, 1.54) is 24.4 Å². The monoisotopic (exact) mass is 468 g/mol. The van der Waals surface area contributed by atoms with Gasteiger partial charge in [-0.2, -0.15) is 0 Å². The summed E-state index contributed by atoms with van der Waals surface area (Å²) in [6.45, 7) is 0. The number of aliphatic hydroxyl groups is 3. The summed E-state index contributed by atoms with van der Waals surface area (Å²) in [6, 6.07) is 4.20. The Morgan fingerprint density at radius 3 is 2.56 bits per heavy atom. The van der Waals surface area contributed by atoms with E-state index in [9.17, 15) is 39.2 Å². The predicted octanol–water partition coefficient (Wildman–Crippen LogP) is 0.790. The fourth-order valence-corrected chi connectivity index (χ4v) is 5.77. The van der Waals surface area contributed by atoms with E-state index in [2.05, 4.69) is 4.98 Å². The van der Waals surface area contributed by atoms with Crippen LogP contribution in [0.4, 0.5) is 4.39 Å². The summed E-state index contributed by atoms with van der Waals surface area (Å²) in [7, 11) is 0. The van der Waals surface area contributed by atoms with E-state index in [1.807, 2.05) is 0 Å². The van der Waals surface area contributed by atoms with E-state index >= 15 is 0 Å². The van der Waals surface area contributed by atoms with Gasteiger partial charge in [0.2, 0.25) is 11.7 Å². The minimum absolute atomic E-state index is 0.0310. The van der Waals surface area contributed by atoms with Crippen LogP contribution in [-0.2, 0) is 20.8 Å². The van der Waals surface area contributed by atoms with Gasteiger partial charge in [-0.1, -0.05) is 6.07 Å². The lowest BCUT2D eigenvalue weighted by Gasteiger charge is -2.48. The van der Waals surface area contributed by atoms with Crippen LogP contribution >= 0.6 is 0 Å². The number of carbonyl (C=O) groups is 3. The maximum Gasteiger partial charge on any atom is 0.230 e. The maximum atomic E-state index is 14.5. The van der Waals surface area contributed by atoms with E-state index in [0.29, 0.717) is 11.1 Å². The zero-order valence-electron chi connectivity index (χ0n) is 17.7. The summed E-state index contributed by atoms with van der Waals surface area (Å²) in [5.74, 6) is -8.48. The molecule has 34 heavy (non-hydrogen) atoms. The summed E-state index contributed by atoms with van der Waals surface area (Å²) in [5, 5.41) is 43.2. The molecule has 2 fully saturated rings. The largest absolute Gasteiger partial charge is 0.507 e. The Morgan fingerprint density at radius 2 is 1.88 bits per heavy atom. The first kappa shape index (κ1) is 22.2. The Hall–Kier alpha value is -3.63. The molecule has 1 amide bonds. The molecule has 6 N–H and O–H groups in total. The zero-order chi connectivity index (χ0) is 24.5. The van der Waals surface area contributed by atoms with Gasteiger partial charge in [-0.25, -0.2) is 4.39 Å². The van der Waals surface area contributed by atoms with Crippen LogP contribution in [0.15, 0.2) is 36.2 Å². The lowest BCUT2D eigenvalue weighted by atomic mass is 9.56. The number of phenolic OH excluding ortho intramolecular Hbond substituents is 1. The van der Waals surface area contributed by atoms with E-state index in [-0.39, 0.29) is 41.7 Å². The molecule has 9 nitrogen and oxygen atoms in total. The molecule has 1 heterocycles. The second-order valence-electron chi connectivity index (χ2n) is 9.08. The number of benzene rings is 1. The molecule has 5 atom stereocenters. The number of Topliss-reactive ketones (excluding diaryl/α,β-unsaturated/α-hetero) is 2. The molecule has 2 saturated carbocycles. The standard InChI is InChI=1S/C24H21FN2O7/c25-14-8-27-4-3-12(14)11-1-2-15(28)18-13(11)6-9-5-10-7-16(29)19(23(26)33)22(32)24(10,34)21(31)17(9)20(18)30/h1-4,8-10,16,19,28-30,34H,5-7H2,(H2,26,33)/t9-,10+,16?,19?,24+/m1/s1. The zero-order valence-corrected chi connectivity index (χ0v) is 17.7. The number of aromatic nitrogens is 1. The highest BCUT2D eigenvalue weighted by molar-refractivity contribution is 6.24. The minimum Gasteiger partial charge on any atom is -0.507 e. The van der Waals surface area contributed by atoms with Crippen molar-refractivity contribution >= 4 is 23.2 Å². The van der Waals surface area contributed by atoms with Crippen molar-refractivity contribution in [1.82, 2.24) is 4.98 Å². The second-order valence-corrected chi connectivity index (χ2v) is 9.08. The molecule has 2 unspecified atom stereocenters. The Labute approximate surface area is 192 Å². The van der Waals surface area contributed by atoms with Gasteiger partial charge in [0.05, 0.1) is 17.9 Å². The maximum absolute atomic E-state index is 14.5. The number of rotatable bonds is 2. The van der Waals surface area contributed by atoms with Crippen molar-refractivity contribution in [3.8, 4) is 16.9 Å². The molecule has 2 aromatic rings. The number of ketones is 2.